The largest absolute Gasteiger partial charge is 0.481 e. The maximum Gasteiger partial charge on any atom is 0.411 e. The van der Waals surface area contributed by atoms with E-state index in [9.17, 15) is 19.5 Å². The van der Waals surface area contributed by atoms with Gasteiger partial charge >= 0.3 is 12.1 Å². The lowest BCUT2D eigenvalue weighted by Gasteiger charge is -2.16. The zero-order valence-electron chi connectivity index (χ0n) is 18.6. The Kier molecular flexibility index (Phi) is 5.57. The van der Waals surface area contributed by atoms with E-state index in [1.807, 2.05) is 36.4 Å². The van der Waals surface area contributed by atoms with Crippen LogP contribution in [0.25, 0.3) is 11.1 Å². The van der Waals surface area contributed by atoms with Crippen LogP contribution in [0.2, 0.25) is 0 Å². The third-order valence-electron chi connectivity index (χ3n) is 6.66. The van der Waals surface area contributed by atoms with Gasteiger partial charge in [-0.1, -0.05) is 55.5 Å². The molecule has 2 atom stereocenters. The Labute approximate surface area is 196 Å². The number of aliphatic carboxylic acids is 1. The number of benzene rings is 2. The number of carboxylic acids is 1. The fraction of sp³-hybridized carbons (Fsp3) is 0.269. The molecule has 1 aromatic heterocycles. The summed E-state index contributed by atoms with van der Waals surface area (Å²) in [5.41, 5.74) is 4.66. The number of rotatable bonds is 5. The van der Waals surface area contributed by atoms with Gasteiger partial charge in [-0.15, -0.1) is 0 Å². The van der Waals surface area contributed by atoms with E-state index in [0.29, 0.717) is 6.54 Å². The highest BCUT2D eigenvalue weighted by atomic mass is 16.5. The monoisotopic (exact) mass is 460 g/mol. The van der Waals surface area contributed by atoms with E-state index in [-0.39, 0.29) is 36.4 Å². The average Bonchev–Trinajstić information content (AvgIpc) is 3.53. The molecule has 2 unspecified atom stereocenters. The Morgan fingerprint density at radius 3 is 2.29 bits per heavy atom. The number of hydrogen-bond donors (Lipinski definition) is 2. The first-order valence-corrected chi connectivity index (χ1v) is 11.2. The van der Waals surface area contributed by atoms with Crippen LogP contribution in [-0.4, -0.2) is 47.7 Å². The number of carbonyl (C=O) groups excluding carboxylic acids is 2. The lowest BCUT2D eigenvalue weighted by Crippen LogP contribution is -2.30. The van der Waals surface area contributed by atoms with E-state index >= 15 is 0 Å². The molecule has 0 radical (unpaired) electrons. The first-order chi connectivity index (χ1) is 16.4. The summed E-state index contributed by atoms with van der Waals surface area (Å²) in [5, 5.41) is 11.9. The van der Waals surface area contributed by atoms with Crippen molar-refractivity contribution in [2.24, 2.45) is 11.8 Å². The summed E-state index contributed by atoms with van der Waals surface area (Å²) in [4.78, 5) is 38.3. The second-order valence-corrected chi connectivity index (χ2v) is 8.75. The quantitative estimate of drug-likeness (QED) is 0.583. The van der Waals surface area contributed by atoms with Crippen LogP contribution in [0.3, 0.4) is 0 Å². The number of nitrogens with zero attached hydrogens (tertiary/aromatic N) is 1. The van der Waals surface area contributed by atoms with Gasteiger partial charge in [-0.2, -0.15) is 0 Å². The van der Waals surface area contributed by atoms with Crippen molar-refractivity contribution in [2.45, 2.75) is 12.8 Å². The average molecular weight is 460 g/mol. The Morgan fingerprint density at radius 2 is 1.68 bits per heavy atom. The number of likely N-dealkylation sites (tertiary alicyclic amines) is 1. The summed E-state index contributed by atoms with van der Waals surface area (Å²) >= 11 is 0. The van der Waals surface area contributed by atoms with E-state index in [1.165, 1.54) is 17.2 Å². The van der Waals surface area contributed by atoms with Crippen molar-refractivity contribution >= 4 is 23.7 Å². The summed E-state index contributed by atoms with van der Waals surface area (Å²) in [5.74, 6) is -2.32. The summed E-state index contributed by atoms with van der Waals surface area (Å²) in [6.45, 7) is 2.34. The molecule has 34 heavy (non-hydrogen) atoms. The van der Waals surface area contributed by atoms with Gasteiger partial charge in [-0.05, 0) is 28.2 Å². The van der Waals surface area contributed by atoms with Gasteiger partial charge in [0.1, 0.15) is 6.61 Å². The molecule has 2 amide bonds. The standard InChI is InChI=1S/C26H24N2O6/c1-15-12-28(13-20(15)25(30)31)24(29)23-22(10-11-33-23)27-26(32)34-14-21-18-8-4-2-6-16(18)17-7-3-5-9-19(17)21/h2-11,15,20-21H,12-14H2,1H3,(H,27,32)(H,30,31). The van der Waals surface area contributed by atoms with E-state index in [2.05, 4.69) is 17.4 Å². The van der Waals surface area contributed by atoms with Gasteiger partial charge in [-0.3, -0.25) is 14.9 Å². The number of furan rings is 1. The molecular formula is C26H24N2O6. The number of amides is 2. The Balaban J connectivity index is 1.25. The van der Waals surface area contributed by atoms with E-state index in [0.717, 1.165) is 22.3 Å². The van der Waals surface area contributed by atoms with E-state index < -0.39 is 23.9 Å². The zero-order valence-corrected chi connectivity index (χ0v) is 18.6. The van der Waals surface area contributed by atoms with Gasteiger partial charge in [0, 0.05) is 25.1 Å². The van der Waals surface area contributed by atoms with Crippen molar-refractivity contribution in [3.05, 3.63) is 77.7 Å². The molecular weight excluding hydrogens is 436 g/mol. The SMILES string of the molecule is CC1CN(C(=O)c2occc2NC(=O)OCC2c3ccccc3-c3ccccc32)CC1C(=O)O. The first-order valence-electron chi connectivity index (χ1n) is 11.2. The summed E-state index contributed by atoms with van der Waals surface area (Å²) < 4.78 is 10.9. The summed E-state index contributed by atoms with van der Waals surface area (Å²) in [6.07, 6.45) is 0.607. The van der Waals surface area contributed by atoms with Gasteiger partial charge in [0.15, 0.2) is 0 Å². The zero-order chi connectivity index (χ0) is 23.8. The number of hydrogen-bond acceptors (Lipinski definition) is 5. The molecule has 1 aliphatic heterocycles. The fourth-order valence-electron chi connectivity index (χ4n) is 4.92. The molecule has 0 saturated carbocycles. The number of fused-ring (bicyclic) bond motifs is 3. The molecule has 2 heterocycles. The van der Waals surface area contributed by atoms with Crippen LogP contribution < -0.4 is 5.32 Å². The molecule has 1 fully saturated rings. The topological polar surface area (TPSA) is 109 Å². The fourth-order valence-corrected chi connectivity index (χ4v) is 4.92. The summed E-state index contributed by atoms with van der Waals surface area (Å²) in [7, 11) is 0. The van der Waals surface area contributed by atoms with Crippen LogP contribution in [0.4, 0.5) is 10.5 Å². The molecule has 8 nitrogen and oxygen atoms in total. The maximum atomic E-state index is 12.9. The van der Waals surface area contributed by atoms with Gasteiger partial charge in [0.2, 0.25) is 5.76 Å². The summed E-state index contributed by atoms with van der Waals surface area (Å²) in [6, 6.07) is 17.6. The van der Waals surface area contributed by atoms with Gasteiger partial charge < -0.3 is 19.2 Å². The van der Waals surface area contributed by atoms with Crippen molar-refractivity contribution < 1.29 is 28.6 Å². The normalized spacial score (nSPS) is 18.9. The Bertz CT molecular complexity index is 1220. The van der Waals surface area contributed by atoms with Crippen molar-refractivity contribution in [2.75, 3.05) is 25.0 Å². The molecule has 3 aromatic rings. The molecule has 1 aliphatic carbocycles. The van der Waals surface area contributed by atoms with Gasteiger partial charge in [0.25, 0.3) is 5.91 Å². The predicted molar refractivity (Wildman–Crippen MR) is 124 cm³/mol. The highest BCUT2D eigenvalue weighted by molar-refractivity contribution is 6.00. The molecule has 8 heteroatoms. The van der Waals surface area contributed by atoms with Gasteiger partial charge in [-0.25, -0.2) is 4.79 Å². The van der Waals surface area contributed by atoms with Crippen molar-refractivity contribution in [1.29, 1.82) is 0 Å². The molecule has 5 rings (SSSR count). The Morgan fingerprint density at radius 1 is 1.03 bits per heavy atom. The second kappa shape index (κ2) is 8.70. The van der Waals surface area contributed by atoms with Crippen molar-refractivity contribution in [1.82, 2.24) is 4.90 Å². The van der Waals surface area contributed by atoms with Crippen LogP contribution >= 0.6 is 0 Å². The third kappa shape index (κ3) is 3.81. The van der Waals surface area contributed by atoms with Crippen LogP contribution in [0.15, 0.2) is 65.3 Å². The van der Waals surface area contributed by atoms with Crippen LogP contribution in [0.5, 0.6) is 0 Å². The minimum atomic E-state index is -0.931. The highest BCUT2D eigenvalue weighted by Gasteiger charge is 2.38. The van der Waals surface area contributed by atoms with Crippen molar-refractivity contribution in [3.8, 4) is 11.1 Å². The molecule has 0 bridgehead atoms. The van der Waals surface area contributed by atoms with Crippen LogP contribution in [-0.2, 0) is 9.53 Å². The number of ether oxygens (including phenoxy) is 1. The van der Waals surface area contributed by atoms with Crippen LogP contribution in [0.1, 0.15) is 34.5 Å². The molecule has 1 saturated heterocycles. The molecule has 2 aliphatic rings. The van der Waals surface area contributed by atoms with E-state index in [1.54, 1.807) is 6.92 Å². The predicted octanol–water partition coefficient (Wildman–Crippen LogP) is 4.43. The lowest BCUT2D eigenvalue weighted by molar-refractivity contribution is -0.142. The number of carbonyl (C=O) groups is 3. The smallest absolute Gasteiger partial charge is 0.411 e. The minimum Gasteiger partial charge on any atom is -0.481 e. The van der Waals surface area contributed by atoms with E-state index in [4.69, 9.17) is 9.15 Å². The minimum absolute atomic E-state index is 0.0493. The molecule has 0 spiro atoms. The molecule has 2 aromatic carbocycles. The maximum absolute atomic E-state index is 12.9. The number of carboxylic acid groups (broad SMARTS) is 1. The molecule has 174 valence electrons. The highest BCUT2D eigenvalue weighted by Crippen LogP contribution is 2.44. The van der Waals surface area contributed by atoms with Crippen LogP contribution in [0, 0.1) is 11.8 Å². The first kappa shape index (κ1) is 21.8. The third-order valence-corrected chi connectivity index (χ3v) is 6.66. The number of nitrogens with one attached hydrogen (secondary N) is 1. The van der Waals surface area contributed by atoms with Gasteiger partial charge in [0.05, 0.1) is 17.9 Å². The lowest BCUT2D eigenvalue weighted by atomic mass is 9.98. The Hall–Kier alpha value is -4.07. The second-order valence-electron chi connectivity index (χ2n) is 8.75. The number of anilines is 1. The van der Waals surface area contributed by atoms with Crippen molar-refractivity contribution in [3.63, 3.8) is 0 Å². The molecule has 2 N–H and O–H groups in total.